The largest absolute Gasteiger partial charge is 0.493 e. The van der Waals surface area contributed by atoms with E-state index in [4.69, 9.17) is 25.6 Å². The van der Waals surface area contributed by atoms with E-state index in [1.807, 2.05) is 18.2 Å². The van der Waals surface area contributed by atoms with Crippen molar-refractivity contribution in [2.45, 2.75) is 19.9 Å². The van der Waals surface area contributed by atoms with Gasteiger partial charge in [0.15, 0.2) is 17.5 Å². The summed E-state index contributed by atoms with van der Waals surface area (Å²) >= 11 is 0. The van der Waals surface area contributed by atoms with Gasteiger partial charge in [-0.1, -0.05) is 12.0 Å². The molecule has 1 aliphatic heterocycles. The van der Waals surface area contributed by atoms with Crippen LogP contribution in [0.25, 0.3) is 0 Å². The average molecular weight is 487 g/mol. The Kier molecular flexibility index (Phi) is 11.0. The predicted molar refractivity (Wildman–Crippen MR) is 119 cm³/mol. The Morgan fingerprint density at radius 2 is 2.19 bits per heavy atom. The van der Waals surface area contributed by atoms with E-state index in [1.54, 1.807) is 14.2 Å². The van der Waals surface area contributed by atoms with Crippen molar-refractivity contribution in [1.29, 1.82) is 0 Å². The molecule has 2 rings (SSSR count). The lowest BCUT2D eigenvalue weighted by Crippen LogP contribution is -2.40. The van der Waals surface area contributed by atoms with Crippen LogP contribution in [0.3, 0.4) is 0 Å². The first-order valence-electron chi connectivity index (χ1n) is 8.97. The van der Waals surface area contributed by atoms with Gasteiger partial charge < -0.3 is 24.4 Å². The van der Waals surface area contributed by atoms with Crippen molar-refractivity contribution in [3.63, 3.8) is 0 Å². The lowest BCUT2D eigenvalue weighted by atomic mass is 10.1. The fraction of sp³-hybridized carbons (Fsp3) is 0.550. The van der Waals surface area contributed by atoms with Gasteiger partial charge in [-0.2, -0.15) is 0 Å². The highest BCUT2D eigenvalue weighted by Crippen LogP contribution is 2.28. The van der Waals surface area contributed by atoms with Gasteiger partial charge in [-0.15, -0.1) is 30.4 Å². The molecule has 0 radical (unpaired) electrons. The van der Waals surface area contributed by atoms with Crippen LogP contribution in [0.5, 0.6) is 11.5 Å². The molecule has 1 saturated heterocycles. The number of guanidine groups is 1. The Morgan fingerprint density at radius 3 is 2.85 bits per heavy atom. The number of aliphatic imine (C=N–C) groups is 1. The van der Waals surface area contributed by atoms with Crippen LogP contribution < -0.4 is 14.8 Å². The molecular formula is C20H30IN3O3. The fourth-order valence-electron chi connectivity index (χ4n) is 3.04. The van der Waals surface area contributed by atoms with Gasteiger partial charge in [-0.05, 0) is 31.0 Å². The highest BCUT2D eigenvalue weighted by Gasteiger charge is 2.24. The SMILES string of the molecule is C#CCOc1cc(CN=C(NCC)N2CCC(COC)C2)ccc1OC.I. The van der Waals surface area contributed by atoms with Gasteiger partial charge in [0.25, 0.3) is 0 Å². The van der Waals surface area contributed by atoms with Crippen LogP contribution in [0.1, 0.15) is 18.9 Å². The van der Waals surface area contributed by atoms with E-state index in [9.17, 15) is 0 Å². The third-order valence-corrected chi connectivity index (χ3v) is 4.27. The molecule has 150 valence electrons. The van der Waals surface area contributed by atoms with Crippen molar-refractivity contribution in [3.8, 4) is 23.8 Å². The Labute approximate surface area is 179 Å². The van der Waals surface area contributed by atoms with Crippen LogP contribution in [0.15, 0.2) is 23.2 Å². The van der Waals surface area contributed by atoms with Gasteiger partial charge in [0.1, 0.15) is 6.61 Å². The summed E-state index contributed by atoms with van der Waals surface area (Å²) in [6.45, 7) is 6.45. The maximum absolute atomic E-state index is 5.56. The summed E-state index contributed by atoms with van der Waals surface area (Å²) in [7, 11) is 3.37. The number of hydrogen-bond donors (Lipinski definition) is 1. The van der Waals surface area contributed by atoms with Crippen LogP contribution in [0.4, 0.5) is 0 Å². The minimum Gasteiger partial charge on any atom is -0.493 e. The summed E-state index contributed by atoms with van der Waals surface area (Å²) in [5, 5.41) is 3.38. The van der Waals surface area contributed by atoms with Crippen LogP contribution >= 0.6 is 24.0 Å². The summed E-state index contributed by atoms with van der Waals surface area (Å²) in [5.41, 5.74) is 1.04. The van der Waals surface area contributed by atoms with Crippen molar-refractivity contribution in [2.24, 2.45) is 10.9 Å². The molecule has 0 spiro atoms. The molecule has 0 aliphatic carbocycles. The van der Waals surface area contributed by atoms with Crippen molar-refractivity contribution < 1.29 is 14.2 Å². The molecule has 1 unspecified atom stereocenters. The molecule has 1 aromatic rings. The molecule has 1 N–H and O–H groups in total. The Morgan fingerprint density at radius 1 is 1.37 bits per heavy atom. The second-order valence-electron chi connectivity index (χ2n) is 6.20. The van der Waals surface area contributed by atoms with Crippen LogP contribution in [0, 0.1) is 18.3 Å². The predicted octanol–water partition coefficient (Wildman–Crippen LogP) is 2.76. The number of methoxy groups -OCH3 is 2. The molecule has 0 bridgehead atoms. The highest BCUT2D eigenvalue weighted by atomic mass is 127. The zero-order valence-corrected chi connectivity index (χ0v) is 18.7. The summed E-state index contributed by atoms with van der Waals surface area (Å²) in [4.78, 5) is 7.09. The van der Waals surface area contributed by atoms with E-state index in [-0.39, 0.29) is 30.6 Å². The molecule has 1 atom stereocenters. The van der Waals surface area contributed by atoms with Crippen molar-refractivity contribution in [1.82, 2.24) is 10.2 Å². The quantitative estimate of drug-likeness (QED) is 0.265. The average Bonchev–Trinajstić information content (AvgIpc) is 3.12. The topological polar surface area (TPSA) is 55.3 Å². The zero-order chi connectivity index (χ0) is 18.8. The smallest absolute Gasteiger partial charge is 0.194 e. The van der Waals surface area contributed by atoms with Gasteiger partial charge in [-0.25, -0.2) is 4.99 Å². The fourth-order valence-corrected chi connectivity index (χ4v) is 3.04. The van der Waals surface area contributed by atoms with E-state index in [0.29, 0.717) is 24.0 Å². The number of nitrogens with one attached hydrogen (secondary N) is 1. The van der Waals surface area contributed by atoms with E-state index in [0.717, 1.165) is 44.2 Å². The lowest BCUT2D eigenvalue weighted by molar-refractivity contribution is 0.157. The molecule has 0 amide bonds. The number of rotatable bonds is 8. The maximum atomic E-state index is 5.56. The van der Waals surface area contributed by atoms with Crippen molar-refractivity contribution in [3.05, 3.63) is 23.8 Å². The molecule has 1 fully saturated rings. The molecule has 0 aromatic heterocycles. The number of ether oxygens (including phenoxy) is 3. The Hall–Kier alpha value is -1.66. The Bertz CT molecular complexity index is 646. The number of terminal acetylenes is 1. The molecule has 1 aromatic carbocycles. The summed E-state index contributed by atoms with van der Waals surface area (Å²) in [6, 6.07) is 5.81. The van der Waals surface area contributed by atoms with Gasteiger partial charge in [0.05, 0.1) is 20.3 Å². The monoisotopic (exact) mass is 487 g/mol. The normalized spacial score (nSPS) is 16.4. The van der Waals surface area contributed by atoms with Gasteiger partial charge in [-0.3, -0.25) is 0 Å². The summed E-state index contributed by atoms with van der Waals surface area (Å²) in [5.74, 6) is 5.29. The van der Waals surface area contributed by atoms with E-state index in [2.05, 4.69) is 23.1 Å². The molecule has 1 heterocycles. The molecule has 1 aliphatic rings. The number of hydrogen-bond acceptors (Lipinski definition) is 4. The third-order valence-electron chi connectivity index (χ3n) is 4.27. The number of benzene rings is 1. The molecule has 7 heteroatoms. The number of halogens is 1. The summed E-state index contributed by atoms with van der Waals surface area (Å²) < 4.78 is 16.2. The first-order chi connectivity index (χ1) is 12.7. The van der Waals surface area contributed by atoms with E-state index >= 15 is 0 Å². The second-order valence-corrected chi connectivity index (χ2v) is 6.20. The van der Waals surface area contributed by atoms with Gasteiger partial charge >= 0.3 is 0 Å². The van der Waals surface area contributed by atoms with Crippen molar-refractivity contribution >= 4 is 29.9 Å². The van der Waals surface area contributed by atoms with Crippen LogP contribution in [-0.4, -0.2) is 57.9 Å². The number of nitrogens with zero attached hydrogens (tertiary/aromatic N) is 2. The van der Waals surface area contributed by atoms with Crippen molar-refractivity contribution in [2.75, 3.05) is 47.1 Å². The first-order valence-corrected chi connectivity index (χ1v) is 8.97. The summed E-state index contributed by atoms with van der Waals surface area (Å²) in [6.07, 6.45) is 6.41. The van der Waals surface area contributed by atoms with Crippen LogP contribution in [-0.2, 0) is 11.3 Å². The van der Waals surface area contributed by atoms with E-state index in [1.165, 1.54) is 0 Å². The minimum absolute atomic E-state index is 0. The maximum Gasteiger partial charge on any atom is 0.194 e. The minimum atomic E-state index is 0. The lowest BCUT2D eigenvalue weighted by Gasteiger charge is -2.21. The van der Waals surface area contributed by atoms with Gasteiger partial charge in [0.2, 0.25) is 0 Å². The molecule has 0 saturated carbocycles. The standard InChI is InChI=1S/C20H29N3O3.HI/c1-5-11-26-19-12-16(7-8-18(19)25-4)13-22-20(21-6-2)23-10-9-17(14-23)15-24-3;/h1,7-8,12,17H,6,9-11,13-15H2,2-4H3,(H,21,22);1H. The first kappa shape index (κ1) is 23.4. The molecule has 27 heavy (non-hydrogen) atoms. The number of likely N-dealkylation sites (tertiary alicyclic amines) is 1. The third kappa shape index (κ3) is 7.11. The molecule has 6 nitrogen and oxygen atoms in total. The van der Waals surface area contributed by atoms with E-state index < -0.39 is 0 Å². The second kappa shape index (κ2) is 12.7. The zero-order valence-electron chi connectivity index (χ0n) is 16.4. The van der Waals surface area contributed by atoms with Crippen LogP contribution in [0.2, 0.25) is 0 Å². The molecular weight excluding hydrogens is 457 g/mol. The Balaban J connectivity index is 0.00000364. The highest BCUT2D eigenvalue weighted by molar-refractivity contribution is 14.0. The van der Waals surface area contributed by atoms with Gasteiger partial charge in [0, 0.05) is 32.7 Å².